The SMILES string of the molecule is CC[Te](=O)CC. The molecule has 0 atom stereocenters. The van der Waals surface area contributed by atoms with E-state index in [1.165, 1.54) is 0 Å². The molecule has 0 saturated heterocycles. The predicted octanol–water partition coefficient (Wildman–Crippen LogP) is 1.45. The van der Waals surface area contributed by atoms with Crippen LogP contribution in [0.4, 0.5) is 0 Å². The quantitative estimate of drug-likeness (QED) is 0.619. The van der Waals surface area contributed by atoms with E-state index >= 15 is 0 Å². The van der Waals surface area contributed by atoms with Gasteiger partial charge in [0.2, 0.25) is 0 Å². The minimum absolute atomic E-state index is 0.944. The van der Waals surface area contributed by atoms with E-state index in [1.54, 1.807) is 0 Å². The van der Waals surface area contributed by atoms with Gasteiger partial charge in [0.05, 0.1) is 0 Å². The first-order valence-corrected chi connectivity index (χ1v) is 6.41. The van der Waals surface area contributed by atoms with Crippen LogP contribution in [-0.2, 0) is 3.10 Å². The maximum atomic E-state index is 10.4. The van der Waals surface area contributed by atoms with Crippen molar-refractivity contribution in [2.45, 2.75) is 22.8 Å². The molecule has 0 aromatic rings. The van der Waals surface area contributed by atoms with Gasteiger partial charge in [-0.3, -0.25) is 0 Å². The molecule has 0 saturated carbocycles. The van der Waals surface area contributed by atoms with Crippen molar-refractivity contribution in [3.05, 3.63) is 0 Å². The second-order valence-corrected chi connectivity index (χ2v) is 6.82. The molecular weight excluding hydrogens is 192 g/mol. The standard InChI is InChI=1S/C4H10OTe/c1-3-6(5)4-2/h3-4H2,1-2H3. The predicted molar refractivity (Wildman–Crippen MR) is 27.4 cm³/mol. The van der Waals surface area contributed by atoms with E-state index in [2.05, 4.69) is 0 Å². The molecule has 0 N–H and O–H groups in total. The molecule has 0 aromatic carbocycles. The Kier molecular flexibility index (Phi) is 4.14. The maximum absolute atomic E-state index is 10.4. The average molecular weight is 202 g/mol. The third-order valence-electron chi connectivity index (χ3n) is 0.644. The number of hydrogen-bond acceptors (Lipinski definition) is 1. The summed E-state index contributed by atoms with van der Waals surface area (Å²) in [5.74, 6) is 0. The van der Waals surface area contributed by atoms with Crippen LogP contribution in [0.3, 0.4) is 0 Å². The molecule has 0 radical (unpaired) electrons. The van der Waals surface area contributed by atoms with Gasteiger partial charge in [-0.05, 0) is 0 Å². The van der Waals surface area contributed by atoms with E-state index in [1.807, 2.05) is 13.8 Å². The number of rotatable bonds is 2. The first kappa shape index (κ1) is 6.59. The fourth-order valence-electron chi connectivity index (χ4n) is 0.204. The van der Waals surface area contributed by atoms with Gasteiger partial charge in [0.1, 0.15) is 0 Å². The zero-order valence-electron chi connectivity index (χ0n) is 4.23. The summed E-state index contributed by atoms with van der Waals surface area (Å²) in [5.41, 5.74) is 0. The van der Waals surface area contributed by atoms with Crippen molar-refractivity contribution in [1.29, 1.82) is 0 Å². The Morgan fingerprint density at radius 3 is 1.67 bits per heavy atom. The van der Waals surface area contributed by atoms with Crippen LogP contribution in [0.2, 0.25) is 8.94 Å². The Balaban J connectivity index is 2.99. The summed E-state index contributed by atoms with van der Waals surface area (Å²) >= 11 is -1.66. The Labute approximate surface area is 45.8 Å². The molecule has 0 aliphatic rings. The van der Waals surface area contributed by atoms with E-state index < -0.39 is 19.5 Å². The molecule has 1 nitrogen and oxygen atoms in total. The van der Waals surface area contributed by atoms with Crippen molar-refractivity contribution in [3.63, 3.8) is 0 Å². The van der Waals surface area contributed by atoms with Crippen LogP contribution in [0.15, 0.2) is 0 Å². The van der Waals surface area contributed by atoms with Crippen LogP contribution in [0, 0.1) is 0 Å². The van der Waals surface area contributed by atoms with Crippen LogP contribution in [0.1, 0.15) is 13.8 Å². The van der Waals surface area contributed by atoms with Gasteiger partial charge in [0.25, 0.3) is 0 Å². The molecule has 0 aromatic heterocycles. The van der Waals surface area contributed by atoms with Crippen LogP contribution in [-0.4, -0.2) is 19.5 Å². The van der Waals surface area contributed by atoms with Crippen molar-refractivity contribution in [1.82, 2.24) is 0 Å². The molecule has 38 valence electrons. The van der Waals surface area contributed by atoms with Gasteiger partial charge in [-0.1, -0.05) is 0 Å². The minimum atomic E-state index is -1.66. The summed E-state index contributed by atoms with van der Waals surface area (Å²) in [6.45, 7) is 3.99. The Hall–Kier alpha value is 0.590. The van der Waals surface area contributed by atoms with E-state index in [4.69, 9.17) is 0 Å². The van der Waals surface area contributed by atoms with Crippen LogP contribution >= 0.6 is 0 Å². The second kappa shape index (κ2) is 3.77. The fourth-order valence-corrected chi connectivity index (χ4v) is 1.37. The van der Waals surface area contributed by atoms with Crippen molar-refractivity contribution >= 4 is 19.5 Å². The van der Waals surface area contributed by atoms with Gasteiger partial charge in [0, 0.05) is 0 Å². The topological polar surface area (TPSA) is 17.1 Å². The molecule has 0 bridgehead atoms. The van der Waals surface area contributed by atoms with Gasteiger partial charge in [0.15, 0.2) is 0 Å². The fraction of sp³-hybridized carbons (Fsp3) is 1.00. The van der Waals surface area contributed by atoms with E-state index in [0.717, 1.165) is 8.94 Å². The van der Waals surface area contributed by atoms with Crippen LogP contribution in [0.25, 0.3) is 0 Å². The molecule has 0 aliphatic heterocycles. The first-order valence-electron chi connectivity index (χ1n) is 2.16. The summed E-state index contributed by atoms with van der Waals surface area (Å²) in [6.07, 6.45) is 0. The van der Waals surface area contributed by atoms with Crippen LogP contribution < -0.4 is 0 Å². The average Bonchev–Trinajstić information content (AvgIpc) is 1.65. The third kappa shape index (κ3) is 2.81. The summed E-state index contributed by atoms with van der Waals surface area (Å²) < 4.78 is 12.3. The van der Waals surface area contributed by atoms with Gasteiger partial charge in [-0.15, -0.1) is 0 Å². The molecule has 0 rings (SSSR count). The number of hydrogen-bond donors (Lipinski definition) is 0. The first-order chi connectivity index (χ1) is 2.81. The Morgan fingerprint density at radius 1 is 1.33 bits per heavy atom. The summed E-state index contributed by atoms with van der Waals surface area (Å²) in [7, 11) is 0. The molecule has 2 heteroatoms. The molecule has 0 fully saturated rings. The summed E-state index contributed by atoms with van der Waals surface area (Å²) in [4.78, 5) is 0. The summed E-state index contributed by atoms with van der Waals surface area (Å²) in [6, 6.07) is 0. The summed E-state index contributed by atoms with van der Waals surface area (Å²) in [5, 5.41) is 0. The third-order valence-corrected chi connectivity index (χ3v) is 4.32. The second-order valence-electron chi connectivity index (χ2n) is 1.02. The van der Waals surface area contributed by atoms with Gasteiger partial charge in [-0.2, -0.15) is 0 Å². The van der Waals surface area contributed by atoms with Gasteiger partial charge < -0.3 is 0 Å². The molecule has 0 heterocycles. The molecular formula is C4H10OTe. The van der Waals surface area contributed by atoms with E-state index in [0.29, 0.717) is 0 Å². The van der Waals surface area contributed by atoms with Crippen molar-refractivity contribution in [3.8, 4) is 0 Å². The molecule has 6 heavy (non-hydrogen) atoms. The van der Waals surface area contributed by atoms with Crippen molar-refractivity contribution in [2.75, 3.05) is 0 Å². The normalized spacial score (nSPS) is 9.83. The van der Waals surface area contributed by atoms with E-state index in [9.17, 15) is 3.10 Å². The monoisotopic (exact) mass is 204 g/mol. The zero-order chi connectivity index (χ0) is 4.99. The zero-order valence-corrected chi connectivity index (χ0v) is 6.56. The van der Waals surface area contributed by atoms with Crippen molar-refractivity contribution in [2.24, 2.45) is 0 Å². The Bertz CT molecular complexity index is 45.5. The van der Waals surface area contributed by atoms with Crippen molar-refractivity contribution < 1.29 is 3.10 Å². The van der Waals surface area contributed by atoms with Gasteiger partial charge >= 0.3 is 45.4 Å². The van der Waals surface area contributed by atoms with E-state index in [-0.39, 0.29) is 0 Å². The van der Waals surface area contributed by atoms with Crippen LogP contribution in [0.5, 0.6) is 0 Å². The molecule has 0 spiro atoms. The Morgan fingerprint density at radius 2 is 1.67 bits per heavy atom. The molecule has 0 amide bonds. The molecule has 0 aliphatic carbocycles. The molecule has 0 unspecified atom stereocenters. The van der Waals surface area contributed by atoms with Gasteiger partial charge in [-0.25, -0.2) is 0 Å².